The molecule has 26 heavy (non-hydrogen) atoms. The maximum Gasteiger partial charge on any atom is 0.0910 e. The van der Waals surface area contributed by atoms with Crippen molar-refractivity contribution in [2.75, 3.05) is 18.0 Å². The van der Waals surface area contributed by atoms with Gasteiger partial charge in [-0.05, 0) is 43.5 Å². The minimum absolute atomic E-state index is 0.695. The Morgan fingerprint density at radius 3 is 2.58 bits per heavy atom. The molecule has 1 fully saturated rings. The van der Waals surface area contributed by atoms with Gasteiger partial charge in [-0.15, -0.1) is 0 Å². The Hall–Kier alpha value is -2.39. The second kappa shape index (κ2) is 7.08. The molecule has 0 N–H and O–H groups in total. The van der Waals surface area contributed by atoms with Crippen molar-refractivity contribution in [2.45, 2.75) is 20.3 Å². The van der Waals surface area contributed by atoms with Crippen molar-refractivity contribution in [3.8, 4) is 22.5 Å². The van der Waals surface area contributed by atoms with Crippen LogP contribution in [0.4, 0.5) is 5.69 Å². The van der Waals surface area contributed by atoms with Gasteiger partial charge in [0.25, 0.3) is 0 Å². The zero-order chi connectivity index (χ0) is 18.1. The molecule has 0 radical (unpaired) electrons. The number of hydrogen-bond acceptors (Lipinski definition) is 3. The Bertz CT molecular complexity index is 924. The molecule has 0 spiro atoms. The quantitative estimate of drug-likeness (QED) is 0.604. The third-order valence-corrected chi connectivity index (χ3v) is 5.34. The molecule has 3 nitrogen and oxygen atoms in total. The molecule has 1 aliphatic heterocycles. The average molecular weight is 364 g/mol. The van der Waals surface area contributed by atoms with Crippen LogP contribution >= 0.6 is 11.6 Å². The molecule has 3 aromatic rings. The van der Waals surface area contributed by atoms with Crippen molar-refractivity contribution >= 4 is 17.3 Å². The number of aryl methyl sites for hydroxylation is 1. The van der Waals surface area contributed by atoms with E-state index in [1.54, 1.807) is 0 Å². The highest BCUT2D eigenvalue weighted by Gasteiger charge is 2.24. The molecule has 2 aromatic heterocycles. The molecule has 0 bridgehead atoms. The van der Waals surface area contributed by atoms with Crippen LogP contribution in [0.1, 0.15) is 19.0 Å². The van der Waals surface area contributed by atoms with Gasteiger partial charge in [0, 0.05) is 46.8 Å². The molecule has 4 heteroatoms. The summed E-state index contributed by atoms with van der Waals surface area (Å²) in [6, 6.07) is 16.1. The van der Waals surface area contributed by atoms with Crippen LogP contribution in [0.2, 0.25) is 5.02 Å². The summed E-state index contributed by atoms with van der Waals surface area (Å²) >= 11 is 6.54. The van der Waals surface area contributed by atoms with Crippen molar-refractivity contribution in [1.29, 1.82) is 0 Å². The van der Waals surface area contributed by atoms with E-state index in [0.29, 0.717) is 5.92 Å². The fraction of sp³-hybridized carbons (Fsp3) is 0.273. The smallest absolute Gasteiger partial charge is 0.0910 e. The summed E-state index contributed by atoms with van der Waals surface area (Å²) in [6.45, 7) is 6.49. The number of pyridine rings is 2. The van der Waals surface area contributed by atoms with E-state index in [-0.39, 0.29) is 0 Å². The van der Waals surface area contributed by atoms with Gasteiger partial charge < -0.3 is 4.90 Å². The Kier molecular flexibility index (Phi) is 4.64. The second-order valence-corrected chi connectivity index (χ2v) is 7.43. The molecule has 1 unspecified atom stereocenters. The SMILES string of the molecule is Cc1nc(-c2ccccn2)cc(N2CCC(C)C2)c1-c1ccccc1Cl. The first-order chi connectivity index (χ1) is 12.6. The van der Waals surface area contributed by atoms with Gasteiger partial charge in [-0.1, -0.05) is 42.8 Å². The van der Waals surface area contributed by atoms with Crippen molar-refractivity contribution in [1.82, 2.24) is 9.97 Å². The van der Waals surface area contributed by atoms with E-state index < -0.39 is 0 Å². The first-order valence-corrected chi connectivity index (χ1v) is 9.44. The standard InChI is InChI=1S/C22H22ClN3/c1-15-10-12-26(14-15)21-13-20(19-9-5-6-11-24-19)25-16(2)22(21)17-7-3-4-8-18(17)23/h3-9,11,13,15H,10,12,14H2,1-2H3. The summed E-state index contributed by atoms with van der Waals surface area (Å²) < 4.78 is 0. The topological polar surface area (TPSA) is 29.0 Å². The van der Waals surface area contributed by atoms with Crippen molar-refractivity contribution in [2.24, 2.45) is 5.92 Å². The third-order valence-electron chi connectivity index (χ3n) is 5.01. The summed E-state index contributed by atoms with van der Waals surface area (Å²) in [5, 5.41) is 0.761. The molecule has 3 heterocycles. The lowest BCUT2D eigenvalue weighted by molar-refractivity contribution is 0.659. The highest BCUT2D eigenvalue weighted by atomic mass is 35.5. The van der Waals surface area contributed by atoms with Crippen LogP contribution in [0.3, 0.4) is 0 Å². The second-order valence-electron chi connectivity index (χ2n) is 7.02. The first-order valence-electron chi connectivity index (χ1n) is 9.06. The van der Waals surface area contributed by atoms with Gasteiger partial charge in [0.2, 0.25) is 0 Å². The molecule has 1 aliphatic rings. The summed E-state index contributed by atoms with van der Waals surface area (Å²) in [5.74, 6) is 0.695. The van der Waals surface area contributed by atoms with E-state index in [9.17, 15) is 0 Å². The van der Waals surface area contributed by atoms with Gasteiger partial charge in [0.05, 0.1) is 11.4 Å². The summed E-state index contributed by atoms with van der Waals surface area (Å²) in [4.78, 5) is 11.8. The predicted octanol–water partition coefficient (Wildman–Crippen LogP) is 5.62. The molecule has 0 amide bonds. The Morgan fingerprint density at radius 2 is 1.88 bits per heavy atom. The highest BCUT2D eigenvalue weighted by molar-refractivity contribution is 6.33. The predicted molar refractivity (Wildman–Crippen MR) is 109 cm³/mol. The fourth-order valence-electron chi connectivity index (χ4n) is 3.70. The zero-order valence-electron chi connectivity index (χ0n) is 15.1. The highest BCUT2D eigenvalue weighted by Crippen LogP contribution is 2.40. The summed E-state index contributed by atoms with van der Waals surface area (Å²) in [5.41, 5.74) is 6.17. The van der Waals surface area contributed by atoms with Crippen LogP contribution in [-0.2, 0) is 0 Å². The van der Waals surface area contributed by atoms with Crippen LogP contribution < -0.4 is 4.90 Å². The van der Waals surface area contributed by atoms with E-state index in [1.807, 2.05) is 42.6 Å². The molecule has 0 aliphatic carbocycles. The molecule has 0 saturated carbocycles. The number of benzene rings is 1. The number of hydrogen-bond donors (Lipinski definition) is 0. The van der Waals surface area contributed by atoms with Gasteiger partial charge in [-0.25, -0.2) is 0 Å². The Morgan fingerprint density at radius 1 is 1.08 bits per heavy atom. The van der Waals surface area contributed by atoms with E-state index in [1.165, 1.54) is 12.1 Å². The number of halogens is 1. The van der Waals surface area contributed by atoms with Crippen LogP contribution in [0.15, 0.2) is 54.7 Å². The molecule has 4 rings (SSSR count). The lowest BCUT2D eigenvalue weighted by Crippen LogP contribution is -2.20. The molecule has 1 aromatic carbocycles. The molecule has 1 atom stereocenters. The van der Waals surface area contributed by atoms with E-state index in [0.717, 1.165) is 46.3 Å². The normalized spacial score (nSPS) is 16.9. The van der Waals surface area contributed by atoms with Crippen LogP contribution in [-0.4, -0.2) is 23.1 Å². The largest absolute Gasteiger partial charge is 0.371 e. The molecule has 1 saturated heterocycles. The van der Waals surface area contributed by atoms with Gasteiger partial charge in [-0.3, -0.25) is 9.97 Å². The van der Waals surface area contributed by atoms with Gasteiger partial charge >= 0.3 is 0 Å². The minimum Gasteiger partial charge on any atom is -0.371 e. The fourth-order valence-corrected chi connectivity index (χ4v) is 3.93. The monoisotopic (exact) mass is 363 g/mol. The van der Waals surface area contributed by atoms with E-state index in [4.69, 9.17) is 16.6 Å². The van der Waals surface area contributed by atoms with E-state index >= 15 is 0 Å². The number of aromatic nitrogens is 2. The zero-order valence-corrected chi connectivity index (χ0v) is 15.9. The van der Waals surface area contributed by atoms with Crippen LogP contribution in [0.5, 0.6) is 0 Å². The van der Waals surface area contributed by atoms with Crippen LogP contribution in [0, 0.1) is 12.8 Å². The van der Waals surface area contributed by atoms with Crippen LogP contribution in [0.25, 0.3) is 22.5 Å². The number of rotatable bonds is 3. The molecular weight excluding hydrogens is 342 g/mol. The van der Waals surface area contributed by atoms with E-state index in [2.05, 4.69) is 35.9 Å². The van der Waals surface area contributed by atoms with Gasteiger partial charge in [0.15, 0.2) is 0 Å². The lowest BCUT2D eigenvalue weighted by Gasteiger charge is -2.24. The number of nitrogens with zero attached hydrogens (tertiary/aromatic N) is 3. The minimum atomic E-state index is 0.695. The maximum absolute atomic E-state index is 6.54. The van der Waals surface area contributed by atoms with Gasteiger partial charge in [-0.2, -0.15) is 0 Å². The van der Waals surface area contributed by atoms with Crippen molar-refractivity contribution < 1.29 is 0 Å². The summed E-state index contributed by atoms with van der Waals surface area (Å²) in [7, 11) is 0. The van der Waals surface area contributed by atoms with Crippen molar-refractivity contribution in [3.63, 3.8) is 0 Å². The lowest BCUT2D eigenvalue weighted by atomic mass is 10.00. The third kappa shape index (κ3) is 3.19. The summed E-state index contributed by atoms with van der Waals surface area (Å²) in [6.07, 6.45) is 3.02. The first kappa shape index (κ1) is 17.0. The molecular formula is C22H22ClN3. The Balaban J connectivity index is 1.92. The van der Waals surface area contributed by atoms with Gasteiger partial charge in [0.1, 0.15) is 0 Å². The average Bonchev–Trinajstić information content (AvgIpc) is 3.09. The van der Waals surface area contributed by atoms with Crippen molar-refractivity contribution in [3.05, 3.63) is 65.4 Å². The number of anilines is 1. The maximum atomic E-state index is 6.54. The molecule has 132 valence electrons. The Labute approximate surface area is 159 Å².